The Balaban J connectivity index is 2.10. The Bertz CT molecular complexity index is 416. The lowest BCUT2D eigenvalue weighted by molar-refractivity contribution is 0.0769. The number of hydrogen-bond acceptors (Lipinski definition) is 2. The van der Waals surface area contributed by atoms with E-state index in [9.17, 15) is 0 Å². The predicted octanol–water partition coefficient (Wildman–Crippen LogP) is 4.38. The maximum absolute atomic E-state index is 6.08. The van der Waals surface area contributed by atoms with Crippen molar-refractivity contribution in [1.82, 2.24) is 4.98 Å². The quantitative estimate of drug-likeness (QED) is 0.685. The first-order valence-electron chi connectivity index (χ1n) is 6.98. The van der Waals surface area contributed by atoms with Crippen LogP contribution in [0.25, 0.3) is 0 Å². The van der Waals surface area contributed by atoms with Gasteiger partial charge in [0.15, 0.2) is 0 Å². The molecule has 0 amide bonds. The second-order valence-electron chi connectivity index (χ2n) is 4.65. The summed E-state index contributed by atoms with van der Waals surface area (Å²) in [6.07, 6.45) is 7.22. The third-order valence-corrected chi connectivity index (χ3v) is 3.12. The molecule has 0 aliphatic rings. The standard InChI is InChI=1S/C17H21NO/c1-2-3-7-13-19-17(15-9-5-4-6-10-15)16-11-8-12-18-14-16/h4-6,8-12,14,17H,2-3,7,13H2,1H3. The van der Waals surface area contributed by atoms with Gasteiger partial charge in [0.1, 0.15) is 6.10 Å². The fourth-order valence-electron chi connectivity index (χ4n) is 2.10. The van der Waals surface area contributed by atoms with E-state index in [-0.39, 0.29) is 6.10 Å². The van der Waals surface area contributed by atoms with Crippen LogP contribution in [0, 0.1) is 0 Å². The van der Waals surface area contributed by atoms with Crippen LogP contribution in [-0.2, 0) is 4.74 Å². The maximum atomic E-state index is 6.08. The Kier molecular flexibility index (Phi) is 5.57. The monoisotopic (exact) mass is 255 g/mol. The van der Waals surface area contributed by atoms with Crippen LogP contribution in [0.4, 0.5) is 0 Å². The van der Waals surface area contributed by atoms with Gasteiger partial charge in [-0.2, -0.15) is 0 Å². The largest absolute Gasteiger partial charge is 0.369 e. The lowest BCUT2D eigenvalue weighted by Crippen LogP contribution is -2.07. The minimum absolute atomic E-state index is 0.00763. The van der Waals surface area contributed by atoms with Crippen molar-refractivity contribution in [3.8, 4) is 0 Å². The summed E-state index contributed by atoms with van der Waals surface area (Å²) >= 11 is 0. The van der Waals surface area contributed by atoms with Crippen LogP contribution in [0.3, 0.4) is 0 Å². The Morgan fingerprint density at radius 1 is 1.00 bits per heavy atom. The minimum Gasteiger partial charge on any atom is -0.369 e. The summed E-state index contributed by atoms with van der Waals surface area (Å²) in [6, 6.07) is 14.4. The van der Waals surface area contributed by atoms with Crippen LogP contribution < -0.4 is 0 Å². The van der Waals surface area contributed by atoms with Gasteiger partial charge < -0.3 is 4.74 Å². The molecule has 0 spiro atoms. The number of ether oxygens (including phenoxy) is 1. The van der Waals surface area contributed by atoms with E-state index in [1.54, 1.807) is 6.20 Å². The van der Waals surface area contributed by atoms with Gasteiger partial charge in [0.25, 0.3) is 0 Å². The van der Waals surface area contributed by atoms with Gasteiger partial charge in [-0.1, -0.05) is 56.2 Å². The van der Waals surface area contributed by atoms with Crippen molar-refractivity contribution < 1.29 is 4.74 Å². The molecular weight excluding hydrogens is 234 g/mol. The lowest BCUT2D eigenvalue weighted by Gasteiger charge is -2.18. The summed E-state index contributed by atoms with van der Waals surface area (Å²) in [5, 5.41) is 0. The first-order valence-corrected chi connectivity index (χ1v) is 6.98. The highest BCUT2D eigenvalue weighted by Crippen LogP contribution is 2.25. The molecule has 0 bridgehead atoms. The topological polar surface area (TPSA) is 22.1 Å². The molecule has 2 rings (SSSR count). The van der Waals surface area contributed by atoms with Gasteiger partial charge in [-0.05, 0) is 18.1 Å². The molecule has 0 saturated carbocycles. The zero-order valence-electron chi connectivity index (χ0n) is 11.5. The van der Waals surface area contributed by atoms with E-state index in [1.165, 1.54) is 18.4 Å². The molecular formula is C17H21NO. The van der Waals surface area contributed by atoms with Gasteiger partial charge in [0.2, 0.25) is 0 Å². The number of hydrogen-bond donors (Lipinski definition) is 0. The molecule has 100 valence electrons. The van der Waals surface area contributed by atoms with Gasteiger partial charge >= 0.3 is 0 Å². The molecule has 0 aliphatic heterocycles. The average molecular weight is 255 g/mol. The number of rotatable bonds is 7. The highest BCUT2D eigenvalue weighted by Gasteiger charge is 2.14. The highest BCUT2D eigenvalue weighted by atomic mass is 16.5. The zero-order chi connectivity index (χ0) is 13.3. The maximum Gasteiger partial charge on any atom is 0.109 e. The normalized spacial score (nSPS) is 12.3. The van der Waals surface area contributed by atoms with Crippen molar-refractivity contribution in [1.29, 1.82) is 0 Å². The predicted molar refractivity (Wildman–Crippen MR) is 78.0 cm³/mol. The van der Waals surface area contributed by atoms with Gasteiger partial charge in [-0.15, -0.1) is 0 Å². The van der Waals surface area contributed by atoms with Crippen LogP contribution in [-0.4, -0.2) is 11.6 Å². The zero-order valence-corrected chi connectivity index (χ0v) is 11.5. The highest BCUT2D eigenvalue weighted by molar-refractivity contribution is 5.28. The van der Waals surface area contributed by atoms with Gasteiger partial charge in [-0.3, -0.25) is 4.98 Å². The van der Waals surface area contributed by atoms with E-state index in [4.69, 9.17) is 4.74 Å². The minimum atomic E-state index is -0.00763. The second-order valence-corrected chi connectivity index (χ2v) is 4.65. The molecule has 1 aromatic heterocycles. The molecule has 19 heavy (non-hydrogen) atoms. The van der Waals surface area contributed by atoms with Crippen LogP contribution >= 0.6 is 0 Å². The van der Waals surface area contributed by atoms with Gasteiger partial charge in [0, 0.05) is 24.6 Å². The summed E-state index contributed by atoms with van der Waals surface area (Å²) in [5.74, 6) is 0. The molecule has 2 aromatic rings. The smallest absolute Gasteiger partial charge is 0.109 e. The molecule has 1 atom stereocenters. The Hall–Kier alpha value is -1.67. The fraction of sp³-hybridized carbons (Fsp3) is 0.353. The summed E-state index contributed by atoms with van der Waals surface area (Å²) in [7, 11) is 0. The molecule has 2 nitrogen and oxygen atoms in total. The Morgan fingerprint density at radius 3 is 2.47 bits per heavy atom. The molecule has 0 radical (unpaired) electrons. The van der Waals surface area contributed by atoms with Crippen LogP contribution in [0.15, 0.2) is 54.9 Å². The van der Waals surface area contributed by atoms with E-state index >= 15 is 0 Å². The molecule has 1 heterocycles. The Morgan fingerprint density at radius 2 is 1.79 bits per heavy atom. The van der Waals surface area contributed by atoms with Crippen LogP contribution in [0.1, 0.15) is 43.4 Å². The third kappa shape index (κ3) is 4.18. The van der Waals surface area contributed by atoms with Crippen molar-refractivity contribution >= 4 is 0 Å². The molecule has 0 saturated heterocycles. The summed E-state index contributed by atoms with van der Waals surface area (Å²) in [4.78, 5) is 4.20. The van der Waals surface area contributed by atoms with Crippen molar-refractivity contribution in [2.75, 3.05) is 6.61 Å². The van der Waals surface area contributed by atoms with E-state index in [1.807, 2.05) is 30.5 Å². The molecule has 0 fully saturated rings. The van der Waals surface area contributed by atoms with E-state index in [0.717, 1.165) is 18.6 Å². The van der Waals surface area contributed by atoms with Gasteiger partial charge in [0.05, 0.1) is 0 Å². The summed E-state index contributed by atoms with van der Waals surface area (Å²) in [5.41, 5.74) is 2.30. The number of aromatic nitrogens is 1. The van der Waals surface area contributed by atoms with Crippen molar-refractivity contribution in [2.45, 2.75) is 32.3 Å². The number of pyridine rings is 1. The van der Waals surface area contributed by atoms with Crippen molar-refractivity contribution in [2.24, 2.45) is 0 Å². The number of unbranched alkanes of at least 4 members (excludes halogenated alkanes) is 2. The van der Waals surface area contributed by atoms with Crippen LogP contribution in [0.5, 0.6) is 0 Å². The lowest BCUT2D eigenvalue weighted by atomic mass is 10.0. The fourth-order valence-corrected chi connectivity index (χ4v) is 2.10. The molecule has 1 aromatic carbocycles. The van der Waals surface area contributed by atoms with E-state index in [2.05, 4.69) is 30.1 Å². The molecule has 2 heteroatoms. The van der Waals surface area contributed by atoms with E-state index < -0.39 is 0 Å². The molecule has 1 unspecified atom stereocenters. The summed E-state index contributed by atoms with van der Waals surface area (Å²) < 4.78 is 6.08. The second kappa shape index (κ2) is 7.70. The van der Waals surface area contributed by atoms with Crippen LogP contribution in [0.2, 0.25) is 0 Å². The SMILES string of the molecule is CCCCCOC(c1ccccc1)c1cccnc1. The Labute approximate surface area is 115 Å². The molecule has 0 N–H and O–H groups in total. The summed E-state index contributed by atoms with van der Waals surface area (Å²) in [6.45, 7) is 3.00. The average Bonchev–Trinajstić information content (AvgIpc) is 2.49. The van der Waals surface area contributed by atoms with Crippen molar-refractivity contribution in [3.63, 3.8) is 0 Å². The number of nitrogens with zero attached hydrogens (tertiary/aromatic N) is 1. The first-order chi connectivity index (χ1) is 9.42. The van der Waals surface area contributed by atoms with E-state index in [0.29, 0.717) is 0 Å². The van der Waals surface area contributed by atoms with Gasteiger partial charge in [-0.25, -0.2) is 0 Å². The number of benzene rings is 1. The third-order valence-electron chi connectivity index (χ3n) is 3.12. The first kappa shape index (κ1) is 13.8. The molecule has 0 aliphatic carbocycles. The van der Waals surface area contributed by atoms with Crippen molar-refractivity contribution in [3.05, 3.63) is 66.0 Å².